The van der Waals surface area contributed by atoms with Crippen LogP contribution in [0.25, 0.3) is 0 Å². The predicted molar refractivity (Wildman–Crippen MR) is 77.6 cm³/mol. The zero-order chi connectivity index (χ0) is 13.2. The molecule has 18 heavy (non-hydrogen) atoms. The van der Waals surface area contributed by atoms with Gasteiger partial charge in [-0.05, 0) is 25.5 Å². The first-order chi connectivity index (χ1) is 8.79. The van der Waals surface area contributed by atoms with E-state index in [2.05, 4.69) is 30.3 Å². The Labute approximate surface area is 112 Å². The third kappa shape index (κ3) is 5.21. The Bertz CT molecular complexity index is 306. The molecular formula is C15H29N3. The summed E-state index contributed by atoms with van der Waals surface area (Å²) in [6.07, 6.45) is 11.0. The third-order valence-electron chi connectivity index (χ3n) is 3.45. The summed E-state index contributed by atoms with van der Waals surface area (Å²) in [6.45, 7) is 5.57. The largest absolute Gasteiger partial charge is 0.309 e. The number of rotatable bonds is 10. The van der Waals surface area contributed by atoms with E-state index in [1.807, 2.05) is 17.9 Å². The first-order valence-electron chi connectivity index (χ1n) is 7.50. The minimum Gasteiger partial charge on any atom is -0.309 e. The Morgan fingerprint density at radius 1 is 1.17 bits per heavy atom. The van der Waals surface area contributed by atoms with Crippen molar-refractivity contribution in [2.24, 2.45) is 7.05 Å². The summed E-state index contributed by atoms with van der Waals surface area (Å²) in [5.41, 5.74) is 1.32. The number of aromatic nitrogens is 2. The molecule has 0 bridgehead atoms. The average Bonchev–Trinajstić information content (AvgIpc) is 2.79. The maximum Gasteiger partial charge on any atom is 0.0550 e. The molecular weight excluding hydrogens is 222 g/mol. The maximum atomic E-state index is 4.28. The Morgan fingerprint density at radius 3 is 2.56 bits per heavy atom. The Kier molecular flexibility index (Phi) is 7.74. The van der Waals surface area contributed by atoms with Crippen LogP contribution in [0, 0.1) is 0 Å². The molecule has 0 saturated carbocycles. The second-order valence-electron chi connectivity index (χ2n) is 5.09. The minimum absolute atomic E-state index is 0.471. The Hall–Kier alpha value is -0.830. The molecule has 0 fully saturated rings. The molecule has 0 spiro atoms. The smallest absolute Gasteiger partial charge is 0.0550 e. The zero-order valence-corrected chi connectivity index (χ0v) is 12.3. The van der Waals surface area contributed by atoms with Gasteiger partial charge in [0, 0.05) is 19.3 Å². The van der Waals surface area contributed by atoms with Crippen molar-refractivity contribution in [1.29, 1.82) is 0 Å². The van der Waals surface area contributed by atoms with Crippen LogP contribution in [0.5, 0.6) is 0 Å². The van der Waals surface area contributed by atoms with Crippen molar-refractivity contribution in [1.82, 2.24) is 15.1 Å². The molecule has 0 saturated heterocycles. The summed E-state index contributed by atoms with van der Waals surface area (Å²) >= 11 is 0. The number of hydrogen-bond acceptors (Lipinski definition) is 2. The summed E-state index contributed by atoms with van der Waals surface area (Å²) in [7, 11) is 2.03. The zero-order valence-electron chi connectivity index (χ0n) is 12.3. The summed E-state index contributed by atoms with van der Waals surface area (Å²) in [5, 5.41) is 7.92. The number of aryl methyl sites for hydroxylation is 1. The molecule has 1 aromatic rings. The van der Waals surface area contributed by atoms with E-state index < -0.39 is 0 Å². The summed E-state index contributed by atoms with van der Waals surface area (Å²) in [4.78, 5) is 0. The highest BCUT2D eigenvalue weighted by Gasteiger charge is 2.13. The van der Waals surface area contributed by atoms with Crippen LogP contribution in [0.2, 0.25) is 0 Å². The van der Waals surface area contributed by atoms with Crippen LogP contribution < -0.4 is 5.32 Å². The molecule has 1 unspecified atom stereocenters. The van der Waals surface area contributed by atoms with Gasteiger partial charge in [-0.1, -0.05) is 46.0 Å². The second-order valence-corrected chi connectivity index (χ2v) is 5.09. The molecule has 0 aromatic carbocycles. The van der Waals surface area contributed by atoms with Gasteiger partial charge in [0.15, 0.2) is 0 Å². The van der Waals surface area contributed by atoms with Crippen LogP contribution in [-0.2, 0) is 7.05 Å². The van der Waals surface area contributed by atoms with E-state index in [1.165, 1.54) is 50.6 Å². The molecule has 1 rings (SSSR count). The first kappa shape index (κ1) is 15.2. The van der Waals surface area contributed by atoms with E-state index in [0.29, 0.717) is 6.04 Å². The van der Waals surface area contributed by atoms with Gasteiger partial charge in [-0.3, -0.25) is 4.68 Å². The monoisotopic (exact) mass is 251 g/mol. The lowest BCUT2D eigenvalue weighted by atomic mass is 10.0. The summed E-state index contributed by atoms with van der Waals surface area (Å²) < 4.78 is 2.00. The molecule has 0 aliphatic rings. The van der Waals surface area contributed by atoms with E-state index in [0.717, 1.165) is 6.54 Å². The molecule has 0 aliphatic heterocycles. The Balaban J connectivity index is 2.39. The molecule has 0 radical (unpaired) electrons. The molecule has 1 aromatic heterocycles. The van der Waals surface area contributed by atoms with Crippen molar-refractivity contribution in [3.63, 3.8) is 0 Å². The van der Waals surface area contributed by atoms with Gasteiger partial charge in [0.2, 0.25) is 0 Å². The van der Waals surface area contributed by atoms with E-state index in [9.17, 15) is 0 Å². The molecule has 3 heteroatoms. The van der Waals surface area contributed by atoms with E-state index >= 15 is 0 Å². The fourth-order valence-corrected chi connectivity index (χ4v) is 2.35. The van der Waals surface area contributed by atoms with Gasteiger partial charge in [0.25, 0.3) is 0 Å². The van der Waals surface area contributed by atoms with Crippen molar-refractivity contribution in [3.8, 4) is 0 Å². The van der Waals surface area contributed by atoms with Crippen molar-refractivity contribution in [2.75, 3.05) is 6.54 Å². The number of nitrogens with one attached hydrogen (secondary N) is 1. The van der Waals surface area contributed by atoms with Crippen molar-refractivity contribution < 1.29 is 0 Å². The standard InChI is InChI=1S/C15H29N3/c1-4-6-7-8-9-10-14(16-12-5-2)15-11-13-17-18(15)3/h11,13-14,16H,4-10,12H2,1-3H3. The van der Waals surface area contributed by atoms with Gasteiger partial charge in [-0.25, -0.2) is 0 Å². The molecule has 1 atom stereocenters. The minimum atomic E-state index is 0.471. The molecule has 0 aliphatic carbocycles. The lowest BCUT2D eigenvalue weighted by molar-refractivity contribution is 0.444. The Morgan fingerprint density at radius 2 is 1.94 bits per heavy atom. The molecule has 0 amide bonds. The highest BCUT2D eigenvalue weighted by atomic mass is 15.3. The summed E-state index contributed by atoms with van der Waals surface area (Å²) in [5.74, 6) is 0. The maximum absolute atomic E-state index is 4.28. The van der Waals surface area contributed by atoms with E-state index in [1.54, 1.807) is 0 Å². The molecule has 104 valence electrons. The second kappa shape index (κ2) is 9.15. The fourth-order valence-electron chi connectivity index (χ4n) is 2.35. The molecule has 1 heterocycles. The molecule has 3 nitrogen and oxygen atoms in total. The van der Waals surface area contributed by atoms with Gasteiger partial charge in [-0.15, -0.1) is 0 Å². The highest BCUT2D eigenvalue weighted by Crippen LogP contribution is 2.19. The lowest BCUT2D eigenvalue weighted by Gasteiger charge is -2.18. The normalized spacial score (nSPS) is 12.8. The van der Waals surface area contributed by atoms with Crippen LogP contribution in [0.15, 0.2) is 12.3 Å². The SMILES string of the molecule is CCCCCCCC(NCCC)c1ccnn1C. The van der Waals surface area contributed by atoms with E-state index in [-0.39, 0.29) is 0 Å². The lowest BCUT2D eigenvalue weighted by Crippen LogP contribution is -2.24. The molecule has 1 N–H and O–H groups in total. The average molecular weight is 251 g/mol. The number of nitrogens with zero attached hydrogens (tertiary/aromatic N) is 2. The van der Waals surface area contributed by atoms with Crippen LogP contribution in [-0.4, -0.2) is 16.3 Å². The quantitative estimate of drug-likeness (QED) is 0.641. The van der Waals surface area contributed by atoms with Gasteiger partial charge >= 0.3 is 0 Å². The third-order valence-corrected chi connectivity index (χ3v) is 3.45. The van der Waals surface area contributed by atoms with Gasteiger partial charge in [0.1, 0.15) is 0 Å². The number of unbranched alkanes of at least 4 members (excludes halogenated alkanes) is 4. The van der Waals surface area contributed by atoms with Crippen molar-refractivity contribution in [3.05, 3.63) is 18.0 Å². The van der Waals surface area contributed by atoms with E-state index in [4.69, 9.17) is 0 Å². The van der Waals surface area contributed by atoms with Crippen LogP contribution >= 0.6 is 0 Å². The van der Waals surface area contributed by atoms with Crippen molar-refractivity contribution in [2.45, 2.75) is 64.8 Å². The number of hydrogen-bond donors (Lipinski definition) is 1. The van der Waals surface area contributed by atoms with Crippen LogP contribution in [0.4, 0.5) is 0 Å². The van der Waals surface area contributed by atoms with Gasteiger partial charge < -0.3 is 5.32 Å². The van der Waals surface area contributed by atoms with Crippen LogP contribution in [0.1, 0.15) is 70.5 Å². The fraction of sp³-hybridized carbons (Fsp3) is 0.800. The predicted octanol–water partition coefficient (Wildman–Crippen LogP) is 3.82. The van der Waals surface area contributed by atoms with Gasteiger partial charge in [-0.2, -0.15) is 5.10 Å². The van der Waals surface area contributed by atoms with Crippen molar-refractivity contribution >= 4 is 0 Å². The van der Waals surface area contributed by atoms with Crippen LogP contribution in [0.3, 0.4) is 0 Å². The first-order valence-corrected chi connectivity index (χ1v) is 7.50. The van der Waals surface area contributed by atoms with Gasteiger partial charge in [0.05, 0.1) is 5.69 Å². The summed E-state index contributed by atoms with van der Waals surface area (Å²) in [6, 6.07) is 2.61. The highest BCUT2D eigenvalue weighted by molar-refractivity contribution is 5.06. The topological polar surface area (TPSA) is 29.9 Å².